The molecular weight excluding hydrogens is 459 g/mol. The van der Waals surface area contributed by atoms with Crippen molar-refractivity contribution in [3.63, 3.8) is 0 Å². The first-order valence-electron chi connectivity index (χ1n) is 11.2. The van der Waals surface area contributed by atoms with Gasteiger partial charge in [-0.1, -0.05) is 30.4 Å². The number of carbonyl (C=O) groups is 1. The Morgan fingerprint density at radius 3 is 2.40 bits per heavy atom. The zero-order chi connectivity index (χ0) is 25.5. The lowest BCUT2D eigenvalue weighted by Crippen LogP contribution is -2.29. The van der Waals surface area contributed by atoms with Crippen LogP contribution < -0.4 is 0 Å². The molecule has 0 spiro atoms. The molecule has 1 unspecified atom stereocenters. The normalized spacial score (nSPS) is 15.3. The van der Waals surface area contributed by atoms with E-state index in [9.17, 15) is 23.1 Å². The van der Waals surface area contributed by atoms with E-state index in [4.69, 9.17) is 9.84 Å². The van der Waals surface area contributed by atoms with E-state index < -0.39 is 29.4 Å². The summed E-state index contributed by atoms with van der Waals surface area (Å²) in [5, 5.41) is 14.8. The minimum atomic E-state index is -4.50. The Balaban J connectivity index is 2.00. The average Bonchev–Trinajstić information content (AvgIpc) is 3.19. The number of halogens is 3. The van der Waals surface area contributed by atoms with Crippen molar-refractivity contribution in [3.05, 3.63) is 71.1 Å². The summed E-state index contributed by atoms with van der Waals surface area (Å²) in [5.74, 6) is -1.23. The van der Waals surface area contributed by atoms with E-state index in [2.05, 4.69) is 11.1 Å². The van der Waals surface area contributed by atoms with Gasteiger partial charge in [-0.15, -0.1) is 0 Å². The molecule has 0 amide bonds. The molecule has 2 heterocycles. The summed E-state index contributed by atoms with van der Waals surface area (Å²) in [5.41, 5.74) is 1.87. The molecule has 0 aliphatic heterocycles. The van der Waals surface area contributed by atoms with Crippen molar-refractivity contribution in [2.75, 3.05) is 0 Å². The highest BCUT2D eigenvalue weighted by Crippen LogP contribution is 2.37. The van der Waals surface area contributed by atoms with Crippen molar-refractivity contribution < 1.29 is 27.8 Å². The lowest BCUT2D eigenvalue weighted by atomic mass is 9.98. The van der Waals surface area contributed by atoms with Gasteiger partial charge in [0, 0.05) is 22.9 Å². The molecule has 4 rings (SSSR count). The van der Waals surface area contributed by atoms with Crippen LogP contribution in [0.2, 0.25) is 0 Å². The van der Waals surface area contributed by atoms with E-state index in [-0.39, 0.29) is 5.56 Å². The molecule has 9 heteroatoms. The second-order valence-corrected chi connectivity index (χ2v) is 9.44. The lowest BCUT2D eigenvalue weighted by molar-refractivity contribution is -0.160. The van der Waals surface area contributed by atoms with Crippen molar-refractivity contribution in [3.8, 4) is 11.3 Å². The molecule has 2 aromatic heterocycles. The maximum atomic E-state index is 13.2. The SMILES string of the molecule is Cc1nc2cc(C3=CC=CCC3)nn2c(-c2ccc(C(F)(F)F)cc2)c1C(OC(C)(C)C)C(=O)O. The quantitative estimate of drug-likeness (QED) is 0.453. The highest BCUT2D eigenvalue weighted by molar-refractivity contribution is 5.81. The molecule has 3 aromatic rings. The van der Waals surface area contributed by atoms with E-state index >= 15 is 0 Å². The van der Waals surface area contributed by atoms with Gasteiger partial charge in [0.05, 0.1) is 22.6 Å². The number of aromatic nitrogens is 3. The molecule has 1 aliphatic carbocycles. The van der Waals surface area contributed by atoms with E-state index in [1.165, 1.54) is 16.6 Å². The Morgan fingerprint density at radius 2 is 1.86 bits per heavy atom. The molecule has 6 nitrogen and oxygen atoms in total. The largest absolute Gasteiger partial charge is 0.479 e. The van der Waals surface area contributed by atoms with Gasteiger partial charge >= 0.3 is 12.1 Å². The molecule has 0 saturated carbocycles. The van der Waals surface area contributed by atoms with Crippen molar-refractivity contribution in [1.29, 1.82) is 0 Å². The first-order valence-corrected chi connectivity index (χ1v) is 11.2. The monoisotopic (exact) mass is 485 g/mol. The highest BCUT2D eigenvalue weighted by Gasteiger charge is 2.34. The van der Waals surface area contributed by atoms with Crippen LogP contribution in [0.4, 0.5) is 13.2 Å². The number of nitrogens with zero attached hydrogens (tertiary/aromatic N) is 3. The summed E-state index contributed by atoms with van der Waals surface area (Å²) in [6.07, 6.45) is 1.70. The number of carboxylic acids is 1. The Morgan fingerprint density at radius 1 is 1.17 bits per heavy atom. The number of aliphatic carboxylic acids is 1. The van der Waals surface area contributed by atoms with Crippen LogP contribution in [0.25, 0.3) is 22.5 Å². The number of benzene rings is 1. The van der Waals surface area contributed by atoms with Gasteiger partial charge in [0.25, 0.3) is 0 Å². The van der Waals surface area contributed by atoms with Crippen molar-refractivity contribution >= 4 is 17.2 Å². The zero-order valence-corrected chi connectivity index (χ0v) is 19.8. The molecule has 0 radical (unpaired) electrons. The molecule has 0 fully saturated rings. The van der Waals surface area contributed by atoms with Crippen molar-refractivity contribution in [2.45, 2.75) is 58.4 Å². The van der Waals surface area contributed by atoms with Crippen molar-refractivity contribution in [1.82, 2.24) is 14.6 Å². The maximum Gasteiger partial charge on any atom is 0.416 e. The van der Waals surface area contributed by atoms with Crippen LogP contribution in [-0.4, -0.2) is 31.3 Å². The molecule has 0 bridgehead atoms. The molecular formula is C26H26F3N3O3. The number of alkyl halides is 3. The van der Waals surface area contributed by atoms with Gasteiger partial charge in [0.15, 0.2) is 11.8 Å². The predicted octanol–water partition coefficient (Wildman–Crippen LogP) is 6.40. The van der Waals surface area contributed by atoms with Gasteiger partial charge in [-0.25, -0.2) is 14.3 Å². The number of allylic oxidation sites excluding steroid dienone is 4. The molecule has 1 atom stereocenters. The Kier molecular flexibility index (Phi) is 6.31. The number of hydrogen-bond acceptors (Lipinski definition) is 4. The molecule has 184 valence electrons. The fourth-order valence-corrected chi connectivity index (χ4v) is 4.10. The van der Waals surface area contributed by atoms with Crippen LogP contribution in [0.3, 0.4) is 0 Å². The van der Waals surface area contributed by atoms with E-state index in [1.807, 2.05) is 12.2 Å². The van der Waals surface area contributed by atoms with Crippen LogP contribution in [0.1, 0.15) is 62.2 Å². The van der Waals surface area contributed by atoms with Crippen molar-refractivity contribution in [2.24, 2.45) is 0 Å². The summed E-state index contributed by atoms with van der Waals surface area (Å²) in [4.78, 5) is 16.9. The van der Waals surface area contributed by atoms with E-state index in [0.29, 0.717) is 28.3 Å². The minimum Gasteiger partial charge on any atom is -0.479 e. The maximum absolute atomic E-state index is 13.2. The first-order chi connectivity index (χ1) is 16.3. The average molecular weight is 486 g/mol. The number of fused-ring (bicyclic) bond motifs is 1. The number of carboxylic acid groups (broad SMARTS) is 1. The van der Waals surface area contributed by atoms with Gasteiger partial charge in [0.2, 0.25) is 0 Å². The summed E-state index contributed by atoms with van der Waals surface area (Å²) in [7, 11) is 0. The molecule has 1 aromatic carbocycles. The third-order valence-electron chi connectivity index (χ3n) is 5.62. The Bertz CT molecular complexity index is 1330. The number of aryl methyl sites for hydroxylation is 1. The van der Waals surface area contributed by atoms with Crippen LogP contribution in [0.15, 0.2) is 48.6 Å². The summed E-state index contributed by atoms with van der Waals surface area (Å²) < 4.78 is 47.0. The summed E-state index contributed by atoms with van der Waals surface area (Å²) >= 11 is 0. The molecule has 35 heavy (non-hydrogen) atoms. The van der Waals surface area contributed by atoms with E-state index in [1.54, 1.807) is 33.8 Å². The molecule has 1 N–H and O–H groups in total. The van der Waals surface area contributed by atoms with Crippen LogP contribution in [0.5, 0.6) is 0 Å². The van der Waals surface area contributed by atoms with Gasteiger partial charge in [-0.05, 0) is 58.2 Å². The topological polar surface area (TPSA) is 76.7 Å². The highest BCUT2D eigenvalue weighted by atomic mass is 19.4. The third-order valence-corrected chi connectivity index (χ3v) is 5.62. The van der Waals surface area contributed by atoms with Gasteiger partial charge in [-0.2, -0.15) is 18.3 Å². The molecule has 0 saturated heterocycles. The predicted molar refractivity (Wildman–Crippen MR) is 126 cm³/mol. The van der Waals surface area contributed by atoms with Crippen LogP contribution >= 0.6 is 0 Å². The van der Waals surface area contributed by atoms with Gasteiger partial charge in [0.1, 0.15) is 0 Å². The number of rotatable bonds is 5. The second kappa shape index (κ2) is 8.96. The fourth-order valence-electron chi connectivity index (χ4n) is 4.10. The summed E-state index contributed by atoms with van der Waals surface area (Å²) in [6.45, 7) is 6.87. The lowest BCUT2D eigenvalue weighted by Gasteiger charge is -2.27. The Labute approximate surface area is 200 Å². The number of hydrogen-bond donors (Lipinski definition) is 1. The first kappa shape index (κ1) is 24.7. The van der Waals surface area contributed by atoms with Crippen LogP contribution in [-0.2, 0) is 15.7 Å². The summed E-state index contributed by atoms with van der Waals surface area (Å²) in [6, 6.07) is 6.39. The number of ether oxygens (including phenoxy) is 1. The smallest absolute Gasteiger partial charge is 0.416 e. The third kappa shape index (κ3) is 5.14. The van der Waals surface area contributed by atoms with Crippen LogP contribution in [0, 0.1) is 6.92 Å². The molecule has 1 aliphatic rings. The van der Waals surface area contributed by atoms with E-state index in [0.717, 1.165) is 30.5 Å². The van der Waals surface area contributed by atoms with Gasteiger partial charge < -0.3 is 9.84 Å². The standard InChI is InChI=1S/C26H26F3N3O3/c1-15-21(23(24(33)34)35-25(2,3)4)22(17-10-12-18(13-11-17)26(27,28)29)32-20(30-15)14-19(31-32)16-8-6-5-7-9-16/h5-6,8,10-14,23H,7,9H2,1-4H3,(H,33,34). The Hall–Kier alpha value is -3.46. The minimum absolute atomic E-state index is 0.242. The second-order valence-electron chi connectivity index (χ2n) is 9.44. The zero-order valence-electron chi connectivity index (χ0n) is 19.8. The van der Waals surface area contributed by atoms with Gasteiger partial charge in [-0.3, -0.25) is 0 Å². The fraction of sp³-hybridized carbons (Fsp3) is 0.346.